The van der Waals surface area contributed by atoms with Crippen LogP contribution in [0.15, 0.2) is 30.9 Å². The van der Waals surface area contributed by atoms with E-state index in [0.717, 1.165) is 12.1 Å². The minimum absolute atomic E-state index is 0.0672. The van der Waals surface area contributed by atoms with Crippen LogP contribution in [0.4, 0.5) is 20.2 Å². The topological polar surface area (TPSA) is 63.8 Å². The van der Waals surface area contributed by atoms with E-state index in [0.29, 0.717) is 5.69 Å². The van der Waals surface area contributed by atoms with Crippen LogP contribution in [0.2, 0.25) is 0 Å². The van der Waals surface area contributed by atoms with Gasteiger partial charge in [-0.1, -0.05) is 12.2 Å². The van der Waals surface area contributed by atoms with Gasteiger partial charge < -0.3 is 11.1 Å². The third-order valence-electron chi connectivity index (χ3n) is 2.16. The average molecular weight is 266 g/mol. The Morgan fingerprint density at radius 2 is 1.72 bits per heavy atom. The molecule has 18 heavy (non-hydrogen) atoms. The van der Waals surface area contributed by atoms with Crippen molar-refractivity contribution in [1.29, 1.82) is 0 Å². The Hall–Kier alpha value is -2.15. The van der Waals surface area contributed by atoms with Crippen molar-refractivity contribution < 1.29 is 8.78 Å². The average Bonchev–Trinajstić information content (AvgIpc) is 2.34. The van der Waals surface area contributed by atoms with E-state index in [9.17, 15) is 8.78 Å². The van der Waals surface area contributed by atoms with E-state index in [4.69, 9.17) is 5.73 Å². The van der Waals surface area contributed by atoms with Crippen molar-refractivity contribution in [1.82, 2.24) is 9.97 Å². The van der Waals surface area contributed by atoms with E-state index >= 15 is 0 Å². The molecule has 0 aliphatic carbocycles. The van der Waals surface area contributed by atoms with Gasteiger partial charge in [0.25, 0.3) is 0 Å². The Bertz CT molecular complexity index is 566. The summed E-state index contributed by atoms with van der Waals surface area (Å²) < 4.78 is 27.4. The van der Waals surface area contributed by atoms with Crippen molar-refractivity contribution in [2.75, 3.05) is 5.32 Å². The standard InChI is InChI=1S/C11H8F2N4S/c12-8-1-6(11(14)18)2-9(13)10(8)17-7-3-15-5-16-4-7/h1-5,17H,(H2,14,18). The van der Waals surface area contributed by atoms with Crippen LogP contribution in [-0.2, 0) is 0 Å². The minimum atomic E-state index is -0.790. The number of nitrogens with two attached hydrogens (primary N) is 1. The highest BCUT2D eigenvalue weighted by Crippen LogP contribution is 2.24. The number of thiocarbonyl (C=S) groups is 1. The molecule has 0 radical (unpaired) electrons. The van der Waals surface area contributed by atoms with Crippen LogP contribution in [0, 0.1) is 11.6 Å². The molecule has 92 valence electrons. The van der Waals surface area contributed by atoms with Crippen molar-refractivity contribution in [3.63, 3.8) is 0 Å². The monoisotopic (exact) mass is 266 g/mol. The molecule has 7 heteroatoms. The largest absolute Gasteiger partial charge is 0.389 e. The summed E-state index contributed by atoms with van der Waals surface area (Å²) in [6.07, 6.45) is 4.11. The van der Waals surface area contributed by atoms with Gasteiger partial charge in [0.1, 0.15) is 28.6 Å². The van der Waals surface area contributed by atoms with Crippen LogP contribution >= 0.6 is 12.2 Å². The van der Waals surface area contributed by atoms with Crippen LogP contribution in [0.3, 0.4) is 0 Å². The van der Waals surface area contributed by atoms with E-state index in [1.807, 2.05) is 0 Å². The molecule has 0 spiro atoms. The number of hydrogen-bond donors (Lipinski definition) is 2. The summed E-state index contributed by atoms with van der Waals surface area (Å²) in [4.78, 5) is 7.39. The van der Waals surface area contributed by atoms with Gasteiger partial charge in [-0.25, -0.2) is 18.7 Å². The molecule has 0 aliphatic rings. The van der Waals surface area contributed by atoms with Gasteiger partial charge in [0.15, 0.2) is 0 Å². The minimum Gasteiger partial charge on any atom is -0.389 e. The Morgan fingerprint density at radius 1 is 1.17 bits per heavy atom. The molecule has 1 heterocycles. The van der Waals surface area contributed by atoms with Gasteiger partial charge in [0, 0.05) is 5.56 Å². The lowest BCUT2D eigenvalue weighted by molar-refractivity contribution is 0.590. The van der Waals surface area contributed by atoms with Crippen molar-refractivity contribution in [3.8, 4) is 0 Å². The molecule has 0 unspecified atom stereocenters. The predicted octanol–water partition coefficient (Wildman–Crippen LogP) is 2.13. The SMILES string of the molecule is NC(=S)c1cc(F)c(Nc2cncnc2)c(F)c1. The van der Waals surface area contributed by atoms with Crippen molar-refractivity contribution in [3.05, 3.63) is 48.1 Å². The maximum Gasteiger partial charge on any atom is 0.150 e. The zero-order valence-electron chi connectivity index (χ0n) is 9.02. The van der Waals surface area contributed by atoms with Crippen molar-refractivity contribution >= 4 is 28.6 Å². The van der Waals surface area contributed by atoms with Gasteiger partial charge in [-0.15, -0.1) is 0 Å². The second-order valence-corrected chi connectivity index (χ2v) is 3.87. The summed E-state index contributed by atoms with van der Waals surface area (Å²) in [6.45, 7) is 0. The summed E-state index contributed by atoms with van der Waals surface area (Å²) in [6, 6.07) is 2.13. The number of hydrogen-bond acceptors (Lipinski definition) is 4. The first-order valence-electron chi connectivity index (χ1n) is 4.89. The maximum absolute atomic E-state index is 13.7. The molecule has 1 aromatic carbocycles. The lowest BCUT2D eigenvalue weighted by Gasteiger charge is -2.09. The Morgan fingerprint density at radius 3 is 2.22 bits per heavy atom. The van der Waals surface area contributed by atoms with E-state index in [-0.39, 0.29) is 16.2 Å². The molecule has 0 saturated carbocycles. The highest BCUT2D eigenvalue weighted by molar-refractivity contribution is 7.80. The summed E-state index contributed by atoms with van der Waals surface area (Å²) in [5.41, 5.74) is 5.52. The Kier molecular flexibility index (Phi) is 3.42. The van der Waals surface area contributed by atoms with Crippen LogP contribution in [-0.4, -0.2) is 15.0 Å². The van der Waals surface area contributed by atoms with Crippen LogP contribution in [0.25, 0.3) is 0 Å². The third-order valence-corrected chi connectivity index (χ3v) is 2.39. The van der Waals surface area contributed by atoms with Crippen LogP contribution < -0.4 is 11.1 Å². The lowest BCUT2D eigenvalue weighted by Crippen LogP contribution is -2.11. The van der Waals surface area contributed by atoms with Gasteiger partial charge in [0.2, 0.25) is 0 Å². The molecule has 0 amide bonds. The van der Waals surface area contributed by atoms with Crippen LogP contribution in [0.1, 0.15) is 5.56 Å². The molecule has 0 fully saturated rings. The molecule has 0 atom stereocenters. The molecule has 0 bridgehead atoms. The molecular formula is C11H8F2N4S. The second-order valence-electron chi connectivity index (χ2n) is 3.43. The fourth-order valence-corrected chi connectivity index (χ4v) is 1.46. The van der Waals surface area contributed by atoms with E-state index in [1.165, 1.54) is 18.7 Å². The quantitative estimate of drug-likeness (QED) is 0.833. The number of nitrogens with one attached hydrogen (secondary N) is 1. The van der Waals surface area contributed by atoms with E-state index in [1.54, 1.807) is 0 Å². The molecule has 0 aliphatic heterocycles. The molecule has 2 aromatic rings. The summed E-state index contributed by atoms with van der Waals surface area (Å²) in [5.74, 6) is -1.58. The summed E-state index contributed by atoms with van der Waals surface area (Å²) >= 11 is 4.66. The molecular weight excluding hydrogens is 258 g/mol. The number of rotatable bonds is 3. The summed E-state index contributed by atoms with van der Waals surface area (Å²) in [7, 11) is 0. The van der Waals surface area contributed by atoms with Gasteiger partial charge in [-0.05, 0) is 12.1 Å². The maximum atomic E-state index is 13.7. The Labute approximate surface area is 107 Å². The lowest BCUT2D eigenvalue weighted by atomic mass is 10.2. The fourth-order valence-electron chi connectivity index (χ4n) is 1.34. The smallest absolute Gasteiger partial charge is 0.150 e. The van der Waals surface area contributed by atoms with Gasteiger partial charge in [0.05, 0.1) is 18.1 Å². The fraction of sp³-hybridized carbons (Fsp3) is 0. The molecule has 4 nitrogen and oxygen atoms in total. The van der Waals surface area contributed by atoms with Gasteiger partial charge in [-0.3, -0.25) is 0 Å². The Balaban J connectivity index is 2.37. The third kappa shape index (κ3) is 2.57. The molecule has 3 N–H and O–H groups in total. The number of anilines is 2. The highest BCUT2D eigenvalue weighted by atomic mass is 32.1. The number of aromatic nitrogens is 2. The number of benzene rings is 1. The van der Waals surface area contributed by atoms with E-state index < -0.39 is 11.6 Å². The molecule has 1 aromatic heterocycles. The second kappa shape index (κ2) is 5.01. The zero-order chi connectivity index (χ0) is 13.1. The summed E-state index contributed by atoms with van der Waals surface area (Å²) in [5, 5.41) is 2.55. The van der Waals surface area contributed by atoms with Gasteiger partial charge >= 0.3 is 0 Å². The normalized spacial score (nSPS) is 10.1. The van der Waals surface area contributed by atoms with Crippen molar-refractivity contribution in [2.45, 2.75) is 0 Å². The van der Waals surface area contributed by atoms with E-state index in [2.05, 4.69) is 27.5 Å². The van der Waals surface area contributed by atoms with Crippen molar-refractivity contribution in [2.24, 2.45) is 5.73 Å². The highest BCUT2D eigenvalue weighted by Gasteiger charge is 2.12. The first kappa shape index (κ1) is 12.3. The predicted molar refractivity (Wildman–Crippen MR) is 67.6 cm³/mol. The van der Waals surface area contributed by atoms with Gasteiger partial charge in [-0.2, -0.15) is 0 Å². The first-order valence-corrected chi connectivity index (χ1v) is 5.29. The number of halogens is 2. The molecule has 2 rings (SSSR count). The van der Waals surface area contributed by atoms with Crippen LogP contribution in [0.5, 0.6) is 0 Å². The number of nitrogens with zero attached hydrogens (tertiary/aromatic N) is 2. The zero-order valence-corrected chi connectivity index (χ0v) is 9.84. The first-order chi connectivity index (χ1) is 8.58. The molecule has 0 saturated heterocycles.